The molecule has 2 aromatic rings. The molecule has 0 radical (unpaired) electrons. The number of ether oxygens (including phenoxy) is 1. The molecular formula is C12H19ClN4O. The normalized spacial score (nSPS) is 11.6. The maximum atomic E-state index is 5.98. The fraction of sp³-hybridized carbons (Fsp3) is 0.667. The van der Waals surface area contributed by atoms with Crippen molar-refractivity contribution in [2.24, 2.45) is 7.05 Å². The highest BCUT2D eigenvalue weighted by atomic mass is 35.5. The number of aromatic nitrogens is 4. The van der Waals surface area contributed by atoms with Crippen LogP contribution in [0.3, 0.4) is 0 Å². The maximum Gasteiger partial charge on any atom is 0.158 e. The molecule has 6 heteroatoms. The molecule has 5 nitrogen and oxygen atoms in total. The van der Waals surface area contributed by atoms with Gasteiger partial charge in [-0.25, -0.2) is 4.98 Å². The SMILES string of the molecule is CCc1nn(C)c2c1nc(CCl)n2CCCOC. The third-order valence-electron chi connectivity index (χ3n) is 3.06. The first kappa shape index (κ1) is 13.4. The Morgan fingerprint density at radius 1 is 1.39 bits per heavy atom. The smallest absolute Gasteiger partial charge is 0.158 e. The topological polar surface area (TPSA) is 44.9 Å². The van der Waals surface area contributed by atoms with Gasteiger partial charge in [0.1, 0.15) is 11.3 Å². The van der Waals surface area contributed by atoms with E-state index in [0.29, 0.717) is 5.88 Å². The monoisotopic (exact) mass is 270 g/mol. The molecule has 0 aromatic carbocycles. The summed E-state index contributed by atoms with van der Waals surface area (Å²) < 4.78 is 9.13. The number of halogens is 1. The molecule has 0 bridgehead atoms. The number of rotatable bonds is 6. The molecule has 0 amide bonds. The van der Waals surface area contributed by atoms with Crippen molar-refractivity contribution >= 4 is 22.8 Å². The van der Waals surface area contributed by atoms with Crippen LogP contribution in [0.25, 0.3) is 11.2 Å². The molecule has 0 unspecified atom stereocenters. The average Bonchev–Trinajstić information content (AvgIpc) is 2.88. The van der Waals surface area contributed by atoms with Gasteiger partial charge in [0.2, 0.25) is 0 Å². The Hall–Kier alpha value is -1.07. The van der Waals surface area contributed by atoms with Crippen LogP contribution in [0.5, 0.6) is 0 Å². The van der Waals surface area contributed by atoms with Gasteiger partial charge in [-0.3, -0.25) is 4.68 Å². The van der Waals surface area contributed by atoms with Gasteiger partial charge >= 0.3 is 0 Å². The molecule has 0 spiro atoms. The molecule has 0 fully saturated rings. The maximum absolute atomic E-state index is 5.98. The zero-order valence-electron chi connectivity index (χ0n) is 11.1. The average molecular weight is 271 g/mol. The number of nitrogens with zero attached hydrogens (tertiary/aromatic N) is 4. The summed E-state index contributed by atoms with van der Waals surface area (Å²) in [5, 5.41) is 4.49. The van der Waals surface area contributed by atoms with Gasteiger partial charge in [0.25, 0.3) is 0 Å². The van der Waals surface area contributed by atoms with Crippen LogP contribution in [-0.4, -0.2) is 33.0 Å². The Morgan fingerprint density at radius 2 is 2.17 bits per heavy atom. The lowest BCUT2D eigenvalue weighted by Gasteiger charge is -2.07. The van der Waals surface area contributed by atoms with E-state index in [1.54, 1.807) is 7.11 Å². The lowest BCUT2D eigenvalue weighted by atomic mass is 10.3. The van der Waals surface area contributed by atoms with Crippen LogP contribution in [0.2, 0.25) is 0 Å². The molecule has 2 aromatic heterocycles. The van der Waals surface area contributed by atoms with E-state index in [2.05, 4.69) is 21.6 Å². The van der Waals surface area contributed by atoms with Crippen LogP contribution in [0.4, 0.5) is 0 Å². The Morgan fingerprint density at radius 3 is 2.78 bits per heavy atom. The van der Waals surface area contributed by atoms with Crippen molar-refractivity contribution < 1.29 is 4.74 Å². The van der Waals surface area contributed by atoms with Crippen molar-refractivity contribution in [2.75, 3.05) is 13.7 Å². The molecule has 0 aliphatic heterocycles. The largest absolute Gasteiger partial charge is 0.385 e. The summed E-state index contributed by atoms with van der Waals surface area (Å²) in [6.07, 6.45) is 1.83. The first-order chi connectivity index (χ1) is 8.72. The molecule has 2 heterocycles. The molecule has 0 saturated heterocycles. The predicted octanol–water partition coefficient (Wildman–Crippen LogP) is 2.11. The van der Waals surface area contributed by atoms with Crippen LogP contribution in [-0.2, 0) is 30.6 Å². The van der Waals surface area contributed by atoms with Gasteiger partial charge in [-0.05, 0) is 12.8 Å². The van der Waals surface area contributed by atoms with Gasteiger partial charge in [0, 0.05) is 27.3 Å². The van der Waals surface area contributed by atoms with Gasteiger partial charge in [0.15, 0.2) is 5.65 Å². The van der Waals surface area contributed by atoms with Gasteiger partial charge in [-0.1, -0.05) is 6.92 Å². The quantitative estimate of drug-likeness (QED) is 0.597. The molecule has 100 valence electrons. The minimum atomic E-state index is 0.421. The molecule has 0 atom stereocenters. The van der Waals surface area contributed by atoms with Crippen molar-refractivity contribution in [3.8, 4) is 0 Å². The minimum absolute atomic E-state index is 0.421. The van der Waals surface area contributed by atoms with Gasteiger partial charge < -0.3 is 9.30 Å². The van der Waals surface area contributed by atoms with Crippen molar-refractivity contribution in [3.63, 3.8) is 0 Å². The van der Waals surface area contributed by atoms with E-state index in [1.165, 1.54) is 0 Å². The van der Waals surface area contributed by atoms with E-state index in [-0.39, 0.29) is 0 Å². The Labute approximate surface area is 112 Å². The number of aryl methyl sites for hydroxylation is 3. The summed E-state index contributed by atoms with van der Waals surface area (Å²) in [6, 6.07) is 0. The van der Waals surface area contributed by atoms with Gasteiger partial charge in [0.05, 0.1) is 11.6 Å². The summed E-state index contributed by atoms with van der Waals surface area (Å²) in [4.78, 5) is 4.61. The molecule has 2 rings (SSSR count). The van der Waals surface area contributed by atoms with E-state index in [9.17, 15) is 0 Å². The van der Waals surface area contributed by atoms with Crippen molar-refractivity contribution in [2.45, 2.75) is 32.2 Å². The van der Waals surface area contributed by atoms with E-state index >= 15 is 0 Å². The molecule has 0 aliphatic rings. The summed E-state index contributed by atoms with van der Waals surface area (Å²) in [7, 11) is 3.67. The standard InChI is InChI=1S/C12H19ClN4O/c1-4-9-11-12(16(2)15-9)17(6-5-7-18-3)10(8-13)14-11/h4-8H2,1-3H3. The number of fused-ring (bicyclic) bond motifs is 1. The van der Waals surface area contributed by atoms with Crippen LogP contribution in [0.15, 0.2) is 0 Å². The van der Waals surface area contributed by atoms with Crippen LogP contribution in [0.1, 0.15) is 24.9 Å². The Balaban J connectivity index is 2.44. The number of methoxy groups -OCH3 is 1. The van der Waals surface area contributed by atoms with Gasteiger partial charge in [-0.15, -0.1) is 11.6 Å². The summed E-state index contributed by atoms with van der Waals surface area (Å²) in [6.45, 7) is 3.68. The summed E-state index contributed by atoms with van der Waals surface area (Å²) >= 11 is 5.98. The van der Waals surface area contributed by atoms with E-state index < -0.39 is 0 Å². The molecule has 18 heavy (non-hydrogen) atoms. The van der Waals surface area contributed by atoms with Crippen LogP contribution < -0.4 is 0 Å². The number of hydrogen-bond acceptors (Lipinski definition) is 3. The Bertz CT molecular complexity index is 532. The van der Waals surface area contributed by atoms with E-state index in [1.807, 2.05) is 11.7 Å². The minimum Gasteiger partial charge on any atom is -0.385 e. The third-order valence-corrected chi connectivity index (χ3v) is 3.29. The Kier molecular flexibility index (Phi) is 4.24. The highest BCUT2D eigenvalue weighted by molar-refractivity contribution is 6.16. The summed E-state index contributed by atoms with van der Waals surface area (Å²) in [5.74, 6) is 1.33. The van der Waals surface area contributed by atoms with Gasteiger partial charge in [-0.2, -0.15) is 5.10 Å². The molecular weight excluding hydrogens is 252 g/mol. The molecule has 0 aliphatic carbocycles. The zero-order chi connectivity index (χ0) is 13.1. The number of alkyl halides is 1. The second-order valence-electron chi connectivity index (χ2n) is 4.26. The summed E-state index contributed by atoms with van der Waals surface area (Å²) in [5.41, 5.74) is 3.07. The number of imidazole rings is 1. The lowest BCUT2D eigenvalue weighted by Crippen LogP contribution is -2.08. The number of hydrogen-bond donors (Lipinski definition) is 0. The lowest BCUT2D eigenvalue weighted by molar-refractivity contribution is 0.190. The fourth-order valence-corrected chi connectivity index (χ4v) is 2.43. The van der Waals surface area contributed by atoms with Crippen molar-refractivity contribution in [1.82, 2.24) is 19.3 Å². The predicted molar refractivity (Wildman–Crippen MR) is 71.9 cm³/mol. The first-order valence-corrected chi connectivity index (χ1v) is 6.72. The third kappa shape index (κ3) is 2.24. The molecule has 0 N–H and O–H groups in total. The zero-order valence-corrected chi connectivity index (χ0v) is 11.9. The van der Waals surface area contributed by atoms with Crippen LogP contribution in [0, 0.1) is 0 Å². The fourth-order valence-electron chi connectivity index (χ4n) is 2.23. The van der Waals surface area contributed by atoms with E-state index in [0.717, 1.165) is 48.7 Å². The second kappa shape index (κ2) is 5.71. The highest BCUT2D eigenvalue weighted by Gasteiger charge is 2.17. The first-order valence-electron chi connectivity index (χ1n) is 6.18. The van der Waals surface area contributed by atoms with E-state index in [4.69, 9.17) is 16.3 Å². The second-order valence-corrected chi connectivity index (χ2v) is 4.52. The van der Waals surface area contributed by atoms with Crippen LogP contribution >= 0.6 is 11.6 Å². The van der Waals surface area contributed by atoms with Crippen molar-refractivity contribution in [3.05, 3.63) is 11.5 Å². The molecule has 0 saturated carbocycles. The highest BCUT2D eigenvalue weighted by Crippen LogP contribution is 2.21. The van der Waals surface area contributed by atoms with Crippen molar-refractivity contribution in [1.29, 1.82) is 0 Å².